The minimum Gasteiger partial charge on any atom is -0.462 e. The molecular formula is C15H26O5. The molecule has 1 unspecified atom stereocenters. The molecule has 20 heavy (non-hydrogen) atoms. The van der Waals surface area contributed by atoms with Gasteiger partial charge in [0.15, 0.2) is 0 Å². The Balaban J connectivity index is 0. The second-order valence-electron chi connectivity index (χ2n) is 4.50. The number of hydrogen-bond acceptors (Lipinski definition) is 5. The third kappa shape index (κ3) is 14.4. The minimum atomic E-state index is -0.608. The molecule has 0 bridgehead atoms. The normalized spacial score (nSPS) is 10.7. The molecule has 0 rings (SSSR count). The Kier molecular flexibility index (Phi) is 12.8. The topological polar surface area (TPSA) is 72.8 Å². The Bertz CT molecular complexity index is 331. The van der Waals surface area contributed by atoms with Crippen LogP contribution >= 0.6 is 0 Å². The largest absolute Gasteiger partial charge is 0.462 e. The molecule has 0 saturated heterocycles. The lowest BCUT2D eigenvalue weighted by atomic mass is 10.3. The van der Waals surface area contributed by atoms with Gasteiger partial charge in [0.05, 0.1) is 12.7 Å². The van der Waals surface area contributed by atoms with Crippen molar-refractivity contribution < 1.29 is 24.2 Å². The zero-order valence-electron chi connectivity index (χ0n) is 12.9. The van der Waals surface area contributed by atoms with Crippen LogP contribution in [0, 0.1) is 0 Å². The predicted octanol–water partition coefficient (Wildman–Crippen LogP) is 2.39. The predicted molar refractivity (Wildman–Crippen MR) is 78.1 cm³/mol. The molecule has 0 aliphatic rings. The first kappa shape index (κ1) is 20.7. The van der Waals surface area contributed by atoms with E-state index in [1.54, 1.807) is 20.8 Å². The molecule has 1 atom stereocenters. The highest BCUT2D eigenvalue weighted by molar-refractivity contribution is 5.87. The van der Waals surface area contributed by atoms with Crippen LogP contribution in [0.3, 0.4) is 0 Å². The molecule has 5 nitrogen and oxygen atoms in total. The van der Waals surface area contributed by atoms with E-state index >= 15 is 0 Å². The van der Waals surface area contributed by atoms with Gasteiger partial charge in [-0.3, -0.25) is 0 Å². The summed E-state index contributed by atoms with van der Waals surface area (Å²) in [6.07, 6.45) is 1.37. The maximum Gasteiger partial charge on any atom is 0.333 e. The molecule has 0 spiro atoms. The zero-order chi connectivity index (χ0) is 16.1. The van der Waals surface area contributed by atoms with E-state index in [1.165, 1.54) is 0 Å². The molecule has 0 saturated carbocycles. The van der Waals surface area contributed by atoms with E-state index in [4.69, 9.17) is 9.84 Å². The van der Waals surface area contributed by atoms with Gasteiger partial charge < -0.3 is 14.6 Å². The lowest BCUT2D eigenvalue weighted by Gasteiger charge is -2.04. The van der Waals surface area contributed by atoms with E-state index in [9.17, 15) is 9.59 Å². The fraction of sp³-hybridized carbons (Fsp3) is 0.600. The average Bonchev–Trinajstić information content (AvgIpc) is 2.36. The number of aliphatic hydroxyl groups is 1. The van der Waals surface area contributed by atoms with Crippen molar-refractivity contribution in [1.29, 1.82) is 0 Å². The van der Waals surface area contributed by atoms with Crippen molar-refractivity contribution >= 4 is 11.9 Å². The number of unbranched alkanes of at least 4 members (excludes halogenated alkanes) is 1. The SMILES string of the molecule is C=C(C)C(=O)OCC(C)O.C=C(C)C(=O)OCCCC. The van der Waals surface area contributed by atoms with E-state index in [1.807, 2.05) is 0 Å². The van der Waals surface area contributed by atoms with E-state index in [0.717, 1.165) is 12.8 Å². The Morgan fingerprint density at radius 1 is 1.10 bits per heavy atom. The maximum absolute atomic E-state index is 10.7. The fourth-order valence-corrected chi connectivity index (χ4v) is 0.752. The number of carbonyl (C=O) groups excluding carboxylic acids is 2. The van der Waals surface area contributed by atoms with E-state index < -0.39 is 12.1 Å². The van der Waals surface area contributed by atoms with Crippen molar-refractivity contribution in [2.75, 3.05) is 13.2 Å². The van der Waals surface area contributed by atoms with Gasteiger partial charge in [0.1, 0.15) is 6.61 Å². The van der Waals surface area contributed by atoms with Gasteiger partial charge in [0.2, 0.25) is 0 Å². The standard InChI is InChI=1S/C8H14O2.C7H12O3/c1-4-5-6-10-8(9)7(2)3;1-5(2)7(9)10-4-6(3)8/h2,4-6H2,1,3H3;6,8H,1,4H2,2-3H3. The molecule has 0 aliphatic carbocycles. The molecule has 5 heteroatoms. The Labute approximate surface area is 121 Å². The van der Waals surface area contributed by atoms with Crippen LogP contribution in [0.2, 0.25) is 0 Å². The van der Waals surface area contributed by atoms with Crippen molar-refractivity contribution in [1.82, 2.24) is 0 Å². The summed E-state index contributed by atoms with van der Waals surface area (Å²) in [5.74, 6) is -0.741. The number of hydrogen-bond donors (Lipinski definition) is 1. The van der Waals surface area contributed by atoms with Crippen LogP contribution in [0.5, 0.6) is 0 Å². The quantitative estimate of drug-likeness (QED) is 0.442. The van der Waals surface area contributed by atoms with Crippen molar-refractivity contribution in [3.05, 3.63) is 24.3 Å². The van der Waals surface area contributed by atoms with Crippen molar-refractivity contribution in [2.24, 2.45) is 0 Å². The molecule has 0 fully saturated rings. The third-order valence-electron chi connectivity index (χ3n) is 1.88. The summed E-state index contributed by atoms with van der Waals surface area (Å²) in [6.45, 7) is 14.2. The summed E-state index contributed by atoms with van der Waals surface area (Å²) >= 11 is 0. The van der Waals surface area contributed by atoms with Gasteiger partial charge >= 0.3 is 11.9 Å². The molecule has 0 aromatic carbocycles. The van der Waals surface area contributed by atoms with Crippen LogP contribution in [0.4, 0.5) is 0 Å². The first-order chi connectivity index (χ1) is 9.22. The molecule has 0 heterocycles. The van der Waals surface area contributed by atoms with Crippen molar-refractivity contribution in [2.45, 2.75) is 46.6 Å². The van der Waals surface area contributed by atoms with Gasteiger partial charge in [-0.15, -0.1) is 0 Å². The Morgan fingerprint density at radius 3 is 1.90 bits per heavy atom. The first-order valence-corrected chi connectivity index (χ1v) is 6.55. The molecule has 0 radical (unpaired) electrons. The van der Waals surface area contributed by atoms with Gasteiger partial charge in [-0.25, -0.2) is 9.59 Å². The lowest BCUT2D eigenvalue weighted by Crippen LogP contribution is -2.15. The van der Waals surface area contributed by atoms with Crippen LogP contribution in [0.1, 0.15) is 40.5 Å². The highest BCUT2D eigenvalue weighted by Crippen LogP contribution is 1.94. The number of esters is 2. The molecule has 0 aliphatic heterocycles. The molecule has 1 N–H and O–H groups in total. The monoisotopic (exact) mass is 286 g/mol. The van der Waals surface area contributed by atoms with E-state index in [0.29, 0.717) is 17.8 Å². The molecule has 0 amide bonds. The van der Waals surface area contributed by atoms with Crippen LogP contribution in [0.25, 0.3) is 0 Å². The number of carbonyl (C=O) groups is 2. The van der Waals surface area contributed by atoms with Crippen LogP contribution in [-0.4, -0.2) is 36.4 Å². The Hall–Kier alpha value is -1.62. The summed E-state index contributed by atoms with van der Waals surface area (Å²) in [6, 6.07) is 0. The van der Waals surface area contributed by atoms with E-state index in [-0.39, 0.29) is 12.6 Å². The van der Waals surface area contributed by atoms with Gasteiger partial charge in [0, 0.05) is 11.1 Å². The lowest BCUT2D eigenvalue weighted by molar-refractivity contribution is -0.141. The second-order valence-corrected chi connectivity index (χ2v) is 4.50. The van der Waals surface area contributed by atoms with Crippen LogP contribution in [-0.2, 0) is 19.1 Å². The fourth-order valence-electron chi connectivity index (χ4n) is 0.752. The zero-order valence-corrected chi connectivity index (χ0v) is 12.9. The summed E-state index contributed by atoms with van der Waals surface area (Å²) in [4.78, 5) is 21.3. The van der Waals surface area contributed by atoms with Crippen LogP contribution in [0.15, 0.2) is 24.3 Å². The number of rotatable bonds is 7. The first-order valence-electron chi connectivity index (χ1n) is 6.55. The molecule has 116 valence electrons. The molecular weight excluding hydrogens is 260 g/mol. The second kappa shape index (κ2) is 12.4. The summed E-state index contributed by atoms with van der Waals surface area (Å²) < 4.78 is 9.38. The summed E-state index contributed by atoms with van der Waals surface area (Å²) in [7, 11) is 0. The summed E-state index contributed by atoms with van der Waals surface area (Å²) in [5, 5.41) is 8.68. The highest BCUT2D eigenvalue weighted by Gasteiger charge is 2.04. The maximum atomic E-state index is 10.7. The van der Waals surface area contributed by atoms with E-state index in [2.05, 4.69) is 24.8 Å². The number of ether oxygens (including phenoxy) is 2. The molecule has 0 aromatic rings. The van der Waals surface area contributed by atoms with Gasteiger partial charge in [-0.2, -0.15) is 0 Å². The van der Waals surface area contributed by atoms with Crippen LogP contribution < -0.4 is 0 Å². The summed E-state index contributed by atoms with van der Waals surface area (Å²) in [5.41, 5.74) is 0.816. The molecule has 0 aromatic heterocycles. The average molecular weight is 286 g/mol. The number of aliphatic hydroxyl groups excluding tert-OH is 1. The minimum absolute atomic E-state index is 0.0334. The third-order valence-corrected chi connectivity index (χ3v) is 1.88. The van der Waals surface area contributed by atoms with Crippen molar-refractivity contribution in [3.8, 4) is 0 Å². The van der Waals surface area contributed by atoms with Gasteiger partial charge in [0.25, 0.3) is 0 Å². The van der Waals surface area contributed by atoms with Gasteiger partial charge in [-0.1, -0.05) is 26.5 Å². The van der Waals surface area contributed by atoms with Crippen molar-refractivity contribution in [3.63, 3.8) is 0 Å². The van der Waals surface area contributed by atoms with Gasteiger partial charge in [-0.05, 0) is 27.2 Å². The highest BCUT2D eigenvalue weighted by atomic mass is 16.5. The smallest absolute Gasteiger partial charge is 0.333 e. The Morgan fingerprint density at radius 2 is 1.55 bits per heavy atom.